The highest BCUT2D eigenvalue weighted by Crippen LogP contribution is 2.26. The minimum atomic E-state index is -0.530. The average Bonchev–Trinajstić information content (AvgIpc) is 2.53. The number of hydrogen-bond donors (Lipinski definition) is 2. The first-order chi connectivity index (χ1) is 10.6. The van der Waals surface area contributed by atoms with Gasteiger partial charge in [-0.1, -0.05) is 11.6 Å². The Hall–Kier alpha value is -1.82. The van der Waals surface area contributed by atoms with Gasteiger partial charge in [0, 0.05) is 16.1 Å². The van der Waals surface area contributed by atoms with Gasteiger partial charge in [0.05, 0.1) is 13.2 Å². The number of aliphatic hydroxyl groups is 2. The Balaban J connectivity index is 1.95. The second kappa shape index (κ2) is 7.98. The maximum atomic E-state index is 13.3. The molecule has 0 radical (unpaired) electrons. The topological polar surface area (TPSA) is 58.9 Å². The molecule has 6 heteroatoms. The lowest BCUT2D eigenvalue weighted by molar-refractivity contribution is 0.202. The van der Waals surface area contributed by atoms with Gasteiger partial charge in [0.25, 0.3) is 0 Å². The van der Waals surface area contributed by atoms with E-state index >= 15 is 0 Å². The van der Waals surface area contributed by atoms with Crippen LogP contribution in [-0.2, 0) is 13.2 Å². The van der Waals surface area contributed by atoms with E-state index in [1.807, 2.05) is 0 Å². The molecule has 2 aromatic carbocycles. The summed E-state index contributed by atoms with van der Waals surface area (Å²) < 4.78 is 24.3. The van der Waals surface area contributed by atoms with Crippen molar-refractivity contribution in [1.82, 2.24) is 0 Å². The Kier molecular flexibility index (Phi) is 6.00. The highest BCUT2D eigenvalue weighted by Gasteiger charge is 2.11. The van der Waals surface area contributed by atoms with Crippen LogP contribution < -0.4 is 9.47 Å². The summed E-state index contributed by atoms with van der Waals surface area (Å²) in [6.07, 6.45) is 0. The third kappa shape index (κ3) is 4.34. The second-order valence-corrected chi connectivity index (χ2v) is 4.96. The molecule has 118 valence electrons. The molecule has 0 aromatic heterocycles. The summed E-state index contributed by atoms with van der Waals surface area (Å²) >= 11 is 5.77. The van der Waals surface area contributed by atoms with Gasteiger partial charge < -0.3 is 19.7 Å². The first kappa shape index (κ1) is 16.5. The van der Waals surface area contributed by atoms with E-state index < -0.39 is 5.82 Å². The smallest absolute Gasteiger partial charge is 0.130 e. The van der Waals surface area contributed by atoms with Crippen molar-refractivity contribution in [2.45, 2.75) is 13.2 Å². The number of hydrogen-bond acceptors (Lipinski definition) is 4. The quantitative estimate of drug-likeness (QED) is 0.768. The van der Waals surface area contributed by atoms with E-state index in [0.29, 0.717) is 10.8 Å². The van der Waals surface area contributed by atoms with Crippen LogP contribution in [0.15, 0.2) is 36.4 Å². The maximum Gasteiger partial charge on any atom is 0.130 e. The van der Waals surface area contributed by atoms with E-state index in [0.717, 1.165) is 0 Å². The van der Waals surface area contributed by atoms with E-state index in [9.17, 15) is 14.6 Å². The number of ether oxygens (including phenoxy) is 2. The summed E-state index contributed by atoms with van der Waals surface area (Å²) in [6, 6.07) is 9.25. The number of aliphatic hydroxyl groups excluding tert-OH is 2. The van der Waals surface area contributed by atoms with Crippen molar-refractivity contribution >= 4 is 11.6 Å². The van der Waals surface area contributed by atoms with Crippen molar-refractivity contribution in [1.29, 1.82) is 0 Å². The first-order valence-electron chi connectivity index (χ1n) is 6.68. The van der Waals surface area contributed by atoms with Crippen LogP contribution in [0.5, 0.6) is 11.5 Å². The lowest BCUT2D eigenvalue weighted by Gasteiger charge is -2.14. The zero-order valence-corrected chi connectivity index (χ0v) is 12.5. The summed E-state index contributed by atoms with van der Waals surface area (Å²) in [7, 11) is 0. The molecule has 0 spiro atoms. The second-order valence-electron chi connectivity index (χ2n) is 4.52. The van der Waals surface area contributed by atoms with E-state index in [2.05, 4.69) is 0 Å². The SMILES string of the molecule is OCc1cc(F)cc(CO)c1OCCOc1ccc(Cl)cc1. The Morgan fingerprint density at radius 3 is 2.00 bits per heavy atom. The average molecular weight is 327 g/mol. The first-order valence-corrected chi connectivity index (χ1v) is 7.06. The van der Waals surface area contributed by atoms with Gasteiger partial charge in [-0.05, 0) is 36.4 Å². The lowest BCUT2D eigenvalue weighted by Crippen LogP contribution is -2.11. The van der Waals surface area contributed by atoms with Crippen LogP contribution in [-0.4, -0.2) is 23.4 Å². The maximum absolute atomic E-state index is 13.3. The Morgan fingerprint density at radius 2 is 1.45 bits per heavy atom. The van der Waals surface area contributed by atoms with E-state index in [1.165, 1.54) is 12.1 Å². The van der Waals surface area contributed by atoms with Crippen molar-refractivity contribution in [3.63, 3.8) is 0 Å². The Morgan fingerprint density at radius 1 is 0.909 bits per heavy atom. The molecule has 0 saturated heterocycles. The van der Waals surface area contributed by atoms with Gasteiger partial charge in [0.15, 0.2) is 0 Å². The molecule has 0 aliphatic rings. The van der Waals surface area contributed by atoms with Crippen molar-refractivity contribution in [3.05, 3.63) is 58.4 Å². The summed E-state index contributed by atoms with van der Waals surface area (Å²) in [5, 5.41) is 19.1. The zero-order valence-electron chi connectivity index (χ0n) is 11.8. The third-order valence-corrected chi connectivity index (χ3v) is 3.21. The predicted octanol–water partition coefficient (Wildman–Crippen LogP) is 2.92. The fraction of sp³-hybridized carbons (Fsp3) is 0.250. The van der Waals surface area contributed by atoms with Gasteiger partial charge in [-0.15, -0.1) is 0 Å². The molecule has 4 nitrogen and oxygen atoms in total. The van der Waals surface area contributed by atoms with Crippen molar-refractivity contribution in [2.24, 2.45) is 0 Å². The monoisotopic (exact) mass is 326 g/mol. The van der Waals surface area contributed by atoms with Gasteiger partial charge in [-0.3, -0.25) is 0 Å². The van der Waals surface area contributed by atoms with Crippen molar-refractivity contribution in [2.75, 3.05) is 13.2 Å². The van der Waals surface area contributed by atoms with Crippen LogP contribution in [0.25, 0.3) is 0 Å². The summed E-state index contributed by atoms with van der Waals surface area (Å²) in [4.78, 5) is 0. The zero-order chi connectivity index (χ0) is 15.9. The fourth-order valence-corrected chi connectivity index (χ4v) is 2.09. The van der Waals surface area contributed by atoms with Crippen LogP contribution in [0.2, 0.25) is 5.02 Å². The molecule has 0 amide bonds. The third-order valence-electron chi connectivity index (χ3n) is 2.96. The molecular weight excluding hydrogens is 311 g/mol. The summed E-state index contributed by atoms with van der Waals surface area (Å²) in [5.41, 5.74) is 0.575. The number of benzene rings is 2. The minimum absolute atomic E-state index is 0.189. The van der Waals surface area contributed by atoms with Crippen molar-refractivity contribution < 1.29 is 24.1 Å². The standard InChI is InChI=1S/C16H16ClFO4/c17-13-1-3-15(4-2-13)21-5-6-22-16-11(9-19)7-14(18)8-12(16)10-20/h1-4,7-8,19-20H,5-6,9-10H2. The van der Waals surface area contributed by atoms with Gasteiger partial charge in [0.2, 0.25) is 0 Å². The van der Waals surface area contributed by atoms with Gasteiger partial charge >= 0.3 is 0 Å². The Labute approximate surface area is 132 Å². The molecule has 2 aromatic rings. The van der Waals surface area contributed by atoms with Gasteiger partial charge in [0.1, 0.15) is 30.5 Å². The largest absolute Gasteiger partial charge is 0.490 e. The molecule has 0 heterocycles. The lowest BCUT2D eigenvalue weighted by atomic mass is 10.1. The highest BCUT2D eigenvalue weighted by atomic mass is 35.5. The molecule has 2 N–H and O–H groups in total. The van der Waals surface area contributed by atoms with Crippen LogP contribution in [0.3, 0.4) is 0 Å². The molecule has 22 heavy (non-hydrogen) atoms. The van der Waals surface area contributed by atoms with E-state index in [4.69, 9.17) is 21.1 Å². The molecule has 0 unspecified atom stereocenters. The molecule has 2 rings (SSSR count). The number of rotatable bonds is 7. The molecule has 0 aliphatic heterocycles. The molecular formula is C16H16ClFO4. The van der Waals surface area contributed by atoms with Gasteiger partial charge in [-0.25, -0.2) is 4.39 Å². The highest BCUT2D eigenvalue weighted by molar-refractivity contribution is 6.30. The predicted molar refractivity (Wildman–Crippen MR) is 80.7 cm³/mol. The van der Waals surface area contributed by atoms with E-state index in [1.54, 1.807) is 24.3 Å². The van der Waals surface area contributed by atoms with Crippen molar-refractivity contribution in [3.8, 4) is 11.5 Å². The molecule has 0 atom stereocenters. The number of halogens is 2. The molecule has 0 bridgehead atoms. The fourth-order valence-electron chi connectivity index (χ4n) is 1.97. The molecule has 0 saturated carbocycles. The van der Waals surface area contributed by atoms with Crippen LogP contribution in [0.1, 0.15) is 11.1 Å². The Bertz CT molecular complexity index is 591. The normalized spacial score (nSPS) is 10.5. The van der Waals surface area contributed by atoms with Crippen LogP contribution in [0.4, 0.5) is 4.39 Å². The molecule has 0 aliphatic carbocycles. The minimum Gasteiger partial charge on any atom is -0.490 e. The summed E-state index contributed by atoms with van der Waals surface area (Å²) in [5.74, 6) is 0.404. The van der Waals surface area contributed by atoms with Crippen LogP contribution in [0, 0.1) is 5.82 Å². The van der Waals surface area contributed by atoms with Gasteiger partial charge in [-0.2, -0.15) is 0 Å². The van der Waals surface area contributed by atoms with Crippen LogP contribution >= 0.6 is 11.6 Å². The van der Waals surface area contributed by atoms with E-state index in [-0.39, 0.29) is 43.3 Å². The molecule has 0 fully saturated rings. The summed E-state index contributed by atoms with van der Waals surface area (Å²) in [6.45, 7) is -0.306.